The molecule has 0 spiro atoms. The third kappa shape index (κ3) is 3.40. The number of nitrogens with one attached hydrogen (secondary N) is 2. The van der Waals surface area contributed by atoms with Gasteiger partial charge >= 0.3 is 0 Å². The molecule has 0 saturated carbocycles. The number of ether oxygens (including phenoxy) is 1. The molecular formula is C13H21N3O2. The molecule has 2 rings (SSSR count). The van der Waals surface area contributed by atoms with Gasteiger partial charge in [0.1, 0.15) is 5.82 Å². The van der Waals surface area contributed by atoms with Crippen LogP contribution in [0.15, 0.2) is 11.0 Å². The van der Waals surface area contributed by atoms with Crippen LogP contribution >= 0.6 is 0 Å². The molecule has 0 aromatic carbocycles. The molecule has 5 nitrogen and oxygen atoms in total. The van der Waals surface area contributed by atoms with Gasteiger partial charge in [0.2, 0.25) is 0 Å². The Kier molecular flexibility index (Phi) is 3.82. The molecule has 1 saturated heterocycles. The maximum Gasteiger partial charge on any atom is 0.255 e. The van der Waals surface area contributed by atoms with Crippen LogP contribution in [0, 0.1) is 0 Å². The molecule has 2 N–H and O–H groups in total. The van der Waals surface area contributed by atoms with Gasteiger partial charge in [0, 0.05) is 36.4 Å². The maximum atomic E-state index is 11.9. The molecule has 0 aliphatic carbocycles. The molecule has 0 amide bonds. The zero-order chi connectivity index (χ0) is 13.2. The van der Waals surface area contributed by atoms with Crippen molar-refractivity contribution in [3.63, 3.8) is 0 Å². The van der Waals surface area contributed by atoms with Gasteiger partial charge in [0.05, 0.1) is 6.61 Å². The predicted octanol–water partition coefficient (Wildman–Crippen LogP) is 1.16. The fourth-order valence-electron chi connectivity index (χ4n) is 1.88. The number of H-pyrrole nitrogens is 1. The summed E-state index contributed by atoms with van der Waals surface area (Å²) in [5, 5.41) is 3.28. The highest BCUT2D eigenvalue weighted by Gasteiger charge is 2.20. The Morgan fingerprint density at radius 3 is 2.89 bits per heavy atom. The monoisotopic (exact) mass is 251 g/mol. The van der Waals surface area contributed by atoms with E-state index in [2.05, 4.69) is 36.1 Å². The summed E-state index contributed by atoms with van der Waals surface area (Å²) in [5.74, 6) is 0.985. The number of rotatable bonds is 3. The molecule has 1 unspecified atom stereocenters. The van der Waals surface area contributed by atoms with E-state index < -0.39 is 0 Å². The first-order valence-corrected chi connectivity index (χ1v) is 6.36. The third-order valence-corrected chi connectivity index (χ3v) is 3.02. The van der Waals surface area contributed by atoms with Gasteiger partial charge in [-0.05, 0) is 27.2 Å². The lowest BCUT2D eigenvalue weighted by Crippen LogP contribution is -2.37. The van der Waals surface area contributed by atoms with Crippen molar-refractivity contribution in [2.75, 3.05) is 13.2 Å². The van der Waals surface area contributed by atoms with Crippen LogP contribution < -0.4 is 10.9 Å². The van der Waals surface area contributed by atoms with Crippen molar-refractivity contribution in [3.8, 4) is 0 Å². The van der Waals surface area contributed by atoms with Crippen LogP contribution in [-0.4, -0.2) is 28.7 Å². The second kappa shape index (κ2) is 5.20. The largest absolute Gasteiger partial charge is 0.381 e. The Morgan fingerprint density at radius 2 is 2.33 bits per heavy atom. The zero-order valence-electron chi connectivity index (χ0n) is 11.2. The number of aromatic amines is 1. The van der Waals surface area contributed by atoms with E-state index in [1.165, 1.54) is 0 Å². The molecule has 1 aromatic heterocycles. The minimum absolute atomic E-state index is 0.00952. The van der Waals surface area contributed by atoms with E-state index in [4.69, 9.17) is 4.74 Å². The van der Waals surface area contributed by atoms with Gasteiger partial charge in [-0.3, -0.25) is 4.79 Å². The molecule has 0 bridgehead atoms. The first-order valence-electron chi connectivity index (χ1n) is 6.36. The van der Waals surface area contributed by atoms with E-state index >= 15 is 0 Å². The highest BCUT2D eigenvalue weighted by molar-refractivity contribution is 5.09. The van der Waals surface area contributed by atoms with Gasteiger partial charge in [-0.25, -0.2) is 4.98 Å². The first kappa shape index (κ1) is 13.2. The Balaban J connectivity index is 2.08. The molecule has 5 heteroatoms. The topological polar surface area (TPSA) is 67.0 Å². The molecule has 1 aliphatic heterocycles. The summed E-state index contributed by atoms with van der Waals surface area (Å²) >= 11 is 0. The van der Waals surface area contributed by atoms with Crippen molar-refractivity contribution < 1.29 is 4.74 Å². The minimum Gasteiger partial charge on any atom is -0.381 e. The van der Waals surface area contributed by atoms with E-state index in [0.29, 0.717) is 18.7 Å². The average molecular weight is 251 g/mol. The second-order valence-electron chi connectivity index (χ2n) is 5.79. The van der Waals surface area contributed by atoms with Crippen LogP contribution in [0.2, 0.25) is 0 Å². The Bertz CT molecular complexity index is 456. The zero-order valence-corrected chi connectivity index (χ0v) is 11.2. The van der Waals surface area contributed by atoms with E-state index in [0.717, 1.165) is 18.9 Å². The standard InChI is InChI=1S/C13H21N3O2/c1-13(2,3)15-7-10-6-14-11(16-12(10)17)9-4-5-18-8-9/h6,9,15H,4-5,7-8H2,1-3H3,(H,14,16,17). The lowest BCUT2D eigenvalue weighted by Gasteiger charge is -2.20. The smallest absolute Gasteiger partial charge is 0.255 e. The summed E-state index contributed by atoms with van der Waals surface area (Å²) in [6, 6.07) is 0. The first-order chi connectivity index (χ1) is 8.46. The molecule has 100 valence electrons. The Labute approximate surface area is 107 Å². The van der Waals surface area contributed by atoms with Crippen molar-refractivity contribution in [3.05, 3.63) is 27.9 Å². The van der Waals surface area contributed by atoms with Crippen LogP contribution in [0.3, 0.4) is 0 Å². The van der Waals surface area contributed by atoms with Crippen LogP contribution in [0.5, 0.6) is 0 Å². The summed E-state index contributed by atoms with van der Waals surface area (Å²) in [6.07, 6.45) is 2.60. The fraction of sp³-hybridized carbons (Fsp3) is 0.692. The van der Waals surface area contributed by atoms with Gasteiger partial charge in [-0.2, -0.15) is 0 Å². The Morgan fingerprint density at radius 1 is 1.56 bits per heavy atom. The van der Waals surface area contributed by atoms with Crippen LogP contribution in [-0.2, 0) is 11.3 Å². The van der Waals surface area contributed by atoms with Crippen molar-refractivity contribution in [1.29, 1.82) is 0 Å². The molecule has 1 atom stereocenters. The van der Waals surface area contributed by atoms with Crippen LogP contribution in [0.4, 0.5) is 0 Å². The maximum absolute atomic E-state index is 11.9. The van der Waals surface area contributed by atoms with E-state index in [1.807, 2.05) is 0 Å². The molecule has 1 aliphatic rings. The molecule has 1 fully saturated rings. The predicted molar refractivity (Wildman–Crippen MR) is 69.6 cm³/mol. The number of hydrogen-bond acceptors (Lipinski definition) is 4. The van der Waals surface area contributed by atoms with E-state index in [-0.39, 0.29) is 17.0 Å². The SMILES string of the molecule is CC(C)(C)NCc1cnc(C2CCOC2)[nH]c1=O. The van der Waals surface area contributed by atoms with Gasteiger partial charge in [-0.1, -0.05) is 0 Å². The highest BCUT2D eigenvalue weighted by Crippen LogP contribution is 2.20. The fourth-order valence-corrected chi connectivity index (χ4v) is 1.88. The quantitative estimate of drug-likeness (QED) is 0.846. The summed E-state index contributed by atoms with van der Waals surface area (Å²) in [6.45, 7) is 8.15. The van der Waals surface area contributed by atoms with Gasteiger partial charge in [-0.15, -0.1) is 0 Å². The summed E-state index contributed by atoms with van der Waals surface area (Å²) < 4.78 is 5.30. The van der Waals surface area contributed by atoms with Crippen molar-refractivity contribution in [2.24, 2.45) is 0 Å². The molecule has 0 radical (unpaired) electrons. The Hall–Kier alpha value is -1.20. The second-order valence-corrected chi connectivity index (χ2v) is 5.79. The number of nitrogens with zero attached hydrogens (tertiary/aromatic N) is 1. The molecular weight excluding hydrogens is 230 g/mol. The van der Waals surface area contributed by atoms with Crippen LogP contribution in [0.1, 0.15) is 44.5 Å². The normalized spacial score (nSPS) is 20.3. The van der Waals surface area contributed by atoms with Gasteiger partial charge < -0.3 is 15.0 Å². The van der Waals surface area contributed by atoms with Crippen molar-refractivity contribution in [1.82, 2.24) is 15.3 Å². The summed E-state index contributed by atoms with van der Waals surface area (Å²) in [7, 11) is 0. The summed E-state index contributed by atoms with van der Waals surface area (Å²) in [4.78, 5) is 19.2. The third-order valence-electron chi connectivity index (χ3n) is 3.02. The van der Waals surface area contributed by atoms with Crippen LogP contribution in [0.25, 0.3) is 0 Å². The lowest BCUT2D eigenvalue weighted by atomic mass is 10.1. The molecule has 2 heterocycles. The van der Waals surface area contributed by atoms with Crippen molar-refractivity contribution >= 4 is 0 Å². The van der Waals surface area contributed by atoms with E-state index in [9.17, 15) is 4.79 Å². The highest BCUT2D eigenvalue weighted by atomic mass is 16.5. The number of aromatic nitrogens is 2. The summed E-state index contributed by atoms with van der Waals surface area (Å²) in [5.41, 5.74) is 0.612. The van der Waals surface area contributed by atoms with Gasteiger partial charge in [0.15, 0.2) is 0 Å². The minimum atomic E-state index is -0.0522. The lowest BCUT2D eigenvalue weighted by molar-refractivity contribution is 0.193. The van der Waals surface area contributed by atoms with Crippen molar-refractivity contribution in [2.45, 2.75) is 45.2 Å². The number of hydrogen-bond donors (Lipinski definition) is 2. The van der Waals surface area contributed by atoms with Gasteiger partial charge in [0.25, 0.3) is 5.56 Å². The molecule has 1 aromatic rings. The average Bonchev–Trinajstić information content (AvgIpc) is 2.79. The molecule has 18 heavy (non-hydrogen) atoms. The van der Waals surface area contributed by atoms with E-state index in [1.54, 1.807) is 6.20 Å².